The summed E-state index contributed by atoms with van der Waals surface area (Å²) >= 11 is 0. The molecule has 28 heavy (non-hydrogen) atoms. The van der Waals surface area contributed by atoms with E-state index in [1.165, 1.54) is 26.4 Å². The van der Waals surface area contributed by atoms with E-state index in [0.717, 1.165) is 23.3 Å². The van der Waals surface area contributed by atoms with Crippen molar-refractivity contribution in [2.45, 2.75) is 59.5 Å². The number of nitrogens with one attached hydrogen (secondary N) is 1. The number of fused-ring (bicyclic) bond motifs is 3. The summed E-state index contributed by atoms with van der Waals surface area (Å²) < 4.78 is 4.81. The molecule has 1 aromatic carbocycles. The molecular weight excluding hydrogens is 352 g/mol. The molecule has 2 aromatic rings. The largest absolute Gasteiger partial charge is 0.465 e. The molecule has 2 atom stereocenters. The van der Waals surface area contributed by atoms with Gasteiger partial charge in [-0.3, -0.25) is 9.69 Å². The maximum absolute atomic E-state index is 13.3. The van der Waals surface area contributed by atoms with Crippen molar-refractivity contribution in [2.75, 3.05) is 13.7 Å². The molecule has 5 nitrogen and oxygen atoms in total. The molecular formula is C23H30N2O3. The molecule has 1 aliphatic heterocycles. The Morgan fingerprint density at radius 3 is 2.75 bits per heavy atom. The van der Waals surface area contributed by atoms with Gasteiger partial charge in [0.05, 0.1) is 12.7 Å². The van der Waals surface area contributed by atoms with Gasteiger partial charge in [-0.1, -0.05) is 20.8 Å². The summed E-state index contributed by atoms with van der Waals surface area (Å²) in [5.74, 6) is -0.424. The Bertz CT molecular complexity index is 1010. The fourth-order valence-corrected chi connectivity index (χ4v) is 5.85. The van der Waals surface area contributed by atoms with Gasteiger partial charge in [0, 0.05) is 41.3 Å². The number of rotatable bonds is 3. The summed E-state index contributed by atoms with van der Waals surface area (Å²) in [5, 5.41) is 0.553. The highest BCUT2D eigenvalue weighted by Gasteiger charge is 2.49. The maximum Gasteiger partial charge on any atom is 0.337 e. The molecule has 0 unspecified atom stereocenters. The first-order valence-corrected chi connectivity index (χ1v) is 10.1. The van der Waals surface area contributed by atoms with Gasteiger partial charge in [-0.25, -0.2) is 4.79 Å². The molecule has 1 saturated heterocycles. The molecule has 0 radical (unpaired) electrons. The molecule has 0 amide bonds. The Morgan fingerprint density at radius 2 is 2.04 bits per heavy atom. The summed E-state index contributed by atoms with van der Waals surface area (Å²) in [6.07, 6.45) is 3.63. The standard InChI is InChI=1S/C23H30N2O3/c1-14-18(11-25-13-23(4)10-16(25)9-22(2,3)12-23)20(26)17-8-15(21(27)28-5)6-7-19(17)24-14/h6-8,16H,9-13H2,1-5H3,(H,24,26)/t16-,23-/m0/s1. The van der Waals surface area contributed by atoms with Crippen LogP contribution in [0.1, 0.15) is 61.6 Å². The van der Waals surface area contributed by atoms with E-state index in [1.54, 1.807) is 18.2 Å². The fraction of sp³-hybridized carbons (Fsp3) is 0.565. The van der Waals surface area contributed by atoms with E-state index in [-0.39, 0.29) is 5.43 Å². The number of carbonyl (C=O) groups is 1. The quantitative estimate of drug-likeness (QED) is 0.815. The first-order chi connectivity index (χ1) is 13.1. The van der Waals surface area contributed by atoms with Crippen molar-refractivity contribution in [3.63, 3.8) is 0 Å². The van der Waals surface area contributed by atoms with E-state index < -0.39 is 5.97 Å². The Kier molecular flexibility index (Phi) is 4.42. The van der Waals surface area contributed by atoms with Crippen molar-refractivity contribution in [1.29, 1.82) is 0 Å². The van der Waals surface area contributed by atoms with Gasteiger partial charge in [0.1, 0.15) is 0 Å². The Hall–Kier alpha value is -2.14. The van der Waals surface area contributed by atoms with Crippen molar-refractivity contribution >= 4 is 16.9 Å². The second-order valence-electron chi connectivity index (χ2n) is 9.93. The van der Waals surface area contributed by atoms with Crippen LogP contribution in [0.5, 0.6) is 0 Å². The van der Waals surface area contributed by atoms with Crippen LogP contribution in [-0.2, 0) is 11.3 Å². The van der Waals surface area contributed by atoms with Crippen molar-refractivity contribution in [3.05, 3.63) is 45.2 Å². The zero-order valence-electron chi connectivity index (χ0n) is 17.5. The first-order valence-electron chi connectivity index (χ1n) is 10.1. The van der Waals surface area contributed by atoms with Crippen LogP contribution in [0.25, 0.3) is 10.9 Å². The molecule has 2 aliphatic rings. The topological polar surface area (TPSA) is 62.4 Å². The van der Waals surface area contributed by atoms with Gasteiger partial charge in [0.15, 0.2) is 5.43 Å². The third kappa shape index (κ3) is 3.26. The minimum atomic E-state index is -0.424. The van der Waals surface area contributed by atoms with E-state index >= 15 is 0 Å². The van der Waals surface area contributed by atoms with Crippen molar-refractivity contribution in [3.8, 4) is 0 Å². The van der Waals surface area contributed by atoms with Crippen LogP contribution >= 0.6 is 0 Å². The molecule has 2 heterocycles. The molecule has 1 aromatic heterocycles. The molecule has 0 spiro atoms. The number of aromatic amines is 1. The average Bonchev–Trinajstić information content (AvgIpc) is 2.85. The first kappa shape index (κ1) is 19.2. The minimum absolute atomic E-state index is 0.0165. The van der Waals surface area contributed by atoms with E-state index in [2.05, 4.69) is 30.7 Å². The molecule has 5 heteroatoms. The van der Waals surface area contributed by atoms with Crippen LogP contribution in [0, 0.1) is 17.8 Å². The molecule has 1 N–H and O–H groups in total. The monoisotopic (exact) mass is 382 g/mol. The molecule has 1 aliphatic carbocycles. The lowest BCUT2D eigenvalue weighted by Crippen LogP contribution is -2.35. The van der Waals surface area contributed by atoms with Gasteiger partial charge in [-0.2, -0.15) is 0 Å². The van der Waals surface area contributed by atoms with Gasteiger partial charge in [-0.05, 0) is 55.2 Å². The number of benzene rings is 1. The number of likely N-dealkylation sites (tertiary alicyclic amines) is 1. The van der Waals surface area contributed by atoms with Crippen molar-refractivity contribution < 1.29 is 9.53 Å². The zero-order valence-corrected chi connectivity index (χ0v) is 17.5. The van der Waals surface area contributed by atoms with Gasteiger partial charge >= 0.3 is 5.97 Å². The normalized spacial score (nSPS) is 26.5. The number of nitrogens with zero attached hydrogens (tertiary/aromatic N) is 1. The average molecular weight is 383 g/mol. The molecule has 1 saturated carbocycles. The smallest absolute Gasteiger partial charge is 0.337 e. The molecule has 150 valence electrons. The third-order valence-corrected chi connectivity index (χ3v) is 6.62. The number of ether oxygens (including phenoxy) is 1. The predicted octanol–water partition coefficient (Wildman–Crippen LogP) is 4.02. The van der Waals surface area contributed by atoms with E-state index in [0.29, 0.717) is 34.4 Å². The number of pyridine rings is 1. The number of aryl methyl sites for hydroxylation is 1. The molecule has 2 fully saturated rings. The number of hydrogen-bond acceptors (Lipinski definition) is 4. The van der Waals surface area contributed by atoms with Crippen LogP contribution in [0.2, 0.25) is 0 Å². The number of hydrogen-bond donors (Lipinski definition) is 1. The van der Waals surface area contributed by atoms with E-state index in [4.69, 9.17) is 4.74 Å². The number of esters is 1. The Balaban J connectivity index is 1.71. The highest BCUT2D eigenvalue weighted by molar-refractivity contribution is 5.94. The lowest BCUT2D eigenvalue weighted by Gasteiger charge is -2.40. The summed E-state index contributed by atoms with van der Waals surface area (Å²) in [5.41, 5.74) is 3.59. The van der Waals surface area contributed by atoms with Gasteiger partial charge in [-0.15, -0.1) is 0 Å². The minimum Gasteiger partial charge on any atom is -0.465 e. The SMILES string of the molecule is COC(=O)c1ccc2[nH]c(C)c(CN3C[C@@]4(C)C[C@@H]3CC(C)(C)C4)c(=O)c2c1. The summed E-state index contributed by atoms with van der Waals surface area (Å²) in [4.78, 5) is 31.0. The van der Waals surface area contributed by atoms with Crippen LogP contribution in [-0.4, -0.2) is 35.5 Å². The van der Waals surface area contributed by atoms with Crippen LogP contribution in [0.3, 0.4) is 0 Å². The van der Waals surface area contributed by atoms with E-state index in [1.807, 2.05) is 6.92 Å². The van der Waals surface area contributed by atoms with E-state index in [9.17, 15) is 9.59 Å². The summed E-state index contributed by atoms with van der Waals surface area (Å²) in [6.45, 7) is 10.8. The van der Waals surface area contributed by atoms with Crippen molar-refractivity contribution in [1.82, 2.24) is 9.88 Å². The third-order valence-electron chi connectivity index (χ3n) is 6.62. The summed E-state index contributed by atoms with van der Waals surface area (Å²) in [6, 6.07) is 5.65. The highest BCUT2D eigenvalue weighted by Crippen LogP contribution is 2.52. The van der Waals surface area contributed by atoms with Crippen molar-refractivity contribution in [2.24, 2.45) is 10.8 Å². The number of carbonyl (C=O) groups excluding carboxylic acids is 1. The molecule has 2 bridgehead atoms. The number of methoxy groups -OCH3 is 1. The second-order valence-corrected chi connectivity index (χ2v) is 9.93. The summed E-state index contributed by atoms with van der Waals surface area (Å²) in [7, 11) is 1.35. The lowest BCUT2D eigenvalue weighted by atomic mass is 9.65. The van der Waals surface area contributed by atoms with Crippen LogP contribution in [0.4, 0.5) is 0 Å². The Morgan fingerprint density at radius 1 is 1.29 bits per heavy atom. The fourth-order valence-electron chi connectivity index (χ4n) is 5.85. The second kappa shape index (κ2) is 6.45. The number of H-pyrrole nitrogens is 1. The lowest BCUT2D eigenvalue weighted by molar-refractivity contribution is 0.0601. The zero-order chi connectivity index (χ0) is 20.3. The Labute approximate surface area is 166 Å². The van der Waals surface area contributed by atoms with Crippen LogP contribution in [0.15, 0.2) is 23.0 Å². The number of aromatic nitrogens is 1. The maximum atomic E-state index is 13.3. The van der Waals surface area contributed by atoms with Gasteiger partial charge < -0.3 is 9.72 Å². The van der Waals surface area contributed by atoms with Crippen LogP contribution < -0.4 is 5.43 Å². The van der Waals surface area contributed by atoms with Gasteiger partial charge in [0.2, 0.25) is 0 Å². The predicted molar refractivity (Wildman–Crippen MR) is 111 cm³/mol. The highest BCUT2D eigenvalue weighted by atomic mass is 16.5. The molecule has 4 rings (SSSR count). The van der Waals surface area contributed by atoms with Gasteiger partial charge in [0.25, 0.3) is 0 Å².